The summed E-state index contributed by atoms with van der Waals surface area (Å²) >= 11 is 3.68. The highest BCUT2D eigenvalue weighted by atomic mass is 32.2. The lowest BCUT2D eigenvalue weighted by atomic mass is 9.89. The number of carbonyl (C=O) groups excluding carboxylic acids is 1. The fraction of sp³-hybridized carbons (Fsp3) is 0.688. The number of nitrogens with two attached hydrogens (primary N) is 1. The first-order chi connectivity index (χ1) is 10.2. The van der Waals surface area contributed by atoms with Crippen molar-refractivity contribution in [2.75, 3.05) is 18.8 Å². The monoisotopic (exact) mass is 324 g/mol. The Morgan fingerprint density at radius 3 is 3.10 bits per heavy atom. The zero-order chi connectivity index (χ0) is 14.8. The Morgan fingerprint density at radius 2 is 2.38 bits per heavy atom. The largest absolute Gasteiger partial charge is 0.334 e. The van der Waals surface area contributed by atoms with Gasteiger partial charge in [-0.3, -0.25) is 4.79 Å². The molecule has 1 saturated heterocycles. The van der Waals surface area contributed by atoms with Gasteiger partial charge in [-0.05, 0) is 42.6 Å². The molecule has 1 aromatic heterocycles. The van der Waals surface area contributed by atoms with Crippen LogP contribution in [0, 0.1) is 5.92 Å². The summed E-state index contributed by atoms with van der Waals surface area (Å²) in [7, 11) is 0. The minimum atomic E-state index is 0.212. The Kier molecular flexibility index (Phi) is 4.92. The number of amides is 1. The second-order valence-electron chi connectivity index (χ2n) is 6.05. The topological polar surface area (TPSA) is 46.3 Å². The van der Waals surface area contributed by atoms with Crippen molar-refractivity contribution >= 4 is 29.0 Å². The molecule has 0 radical (unpaired) electrons. The Bertz CT molecular complexity index is 491. The van der Waals surface area contributed by atoms with E-state index in [1.165, 1.54) is 22.6 Å². The zero-order valence-electron chi connectivity index (χ0n) is 12.6. The normalized spacial score (nSPS) is 25.7. The number of hydrogen-bond acceptors (Lipinski definition) is 4. The Balaban J connectivity index is 1.76. The van der Waals surface area contributed by atoms with Crippen LogP contribution in [0.15, 0.2) is 6.07 Å². The SMILES string of the molecule is CCC1CCN(C(=O)c2cc3c(s2)CCSC3)C(CN)C1. The van der Waals surface area contributed by atoms with Crippen LogP contribution in [-0.4, -0.2) is 35.7 Å². The van der Waals surface area contributed by atoms with E-state index < -0.39 is 0 Å². The minimum absolute atomic E-state index is 0.212. The lowest BCUT2D eigenvalue weighted by Crippen LogP contribution is -2.49. The molecule has 2 aliphatic rings. The predicted molar refractivity (Wildman–Crippen MR) is 91.1 cm³/mol. The molecular weight excluding hydrogens is 300 g/mol. The molecule has 3 rings (SSSR count). The molecule has 0 aromatic carbocycles. The number of aryl methyl sites for hydroxylation is 1. The molecule has 21 heavy (non-hydrogen) atoms. The number of thiophene rings is 1. The fourth-order valence-electron chi connectivity index (χ4n) is 3.39. The molecular formula is C16H24N2OS2. The molecule has 0 aliphatic carbocycles. The van der Waals surface area contributed by atoms with Crippen LogP contribution in [0.3, 0.4) is 0 Å². The summed E-state index contributed by atoms with van der Waals surface area (Å²) in [5.74, 6) is 3.20. The molecule has 2 aliphatic heterocycles. The van der Waals surface area contributed by atoms with Gasteiger partial charge < -0.3 is 10.6 Å². The first kappa shape index (κ1) is 15.4. The predicted octanol–water partition coefficient (Wildman–Crippen LogP) is 3.13. The van der Waals surface area contributed by atoms with Crippen molar-refractivity contribution in [1.82, 2.24) is 4.90 Å². The number of rotatable bonds is 3. The molecule has 1 aromatic rings. The molecule has 0 bridgehead atoms. The van der Waals surface area contributed by atoms with E-state index in [4.69, 9.17) is 5.73 Å². The van der Waals surface area contributed by atoms with E-state index in [1.807, 2.05) is 16.7 Å². The third kappa shape index (κ3) is 3.15. The maximum atomic E-state index is 12.9. The van der Waals surface area contributed by atoms with Crippen LogP contribution in [0.4, 0.5) is 0 Å². The smallest absolute Gasteiger partial charge is 0.264 e. The highest BCUT2D eigenvalue weighted by Gasteiger charge is 2.31. The molecule has 2 N–H and O–H groups in total. The van der Waals surface area contributed by atoms with Gasteiger partial charge in [0, 0.05) is 29.8 Å². The van der Waals surface area contributed by atoms with Gasteiger partial charge in [0.25, 0.3) is 5.91 Å². The maximum Gasteiger partial charge on any atom is 0.264 e. The van der Waals surface area contributed by atoms with Gasteiger partial charge in [-0.1, -0.05) is 13.3 Å². The van der Waals surface area contributed by atoms with E-state index in [1.54, 1.807) is 11.3 Å². The van der Waals surface area contributed by atoms with Gasteiger partial charge in [-0.15, -0.1) is 11.3 Å². The van der Waals surface area contributed by atoms with Gasteiger partial charge in [0.05, 0.1) is 4.88 Å². The Labute approximate surface area is 135 Å². The van der Waals surface area contributed by atoms with Crippen molar-refractivity contribution in [2.24, 2.45) is 11.7 Å². The van der Waals surface area contributed by atoms with Crippen molar-refractivity contribution < 1.29 is 4.79 Å². The lowest BCUT2D eigenvalue weighted by molar-refractivity contribution is 0.0563. The quantitative estimate of drug-likeness (QED) is 0.929. The van der Waals surface area contributed by atoms with E-state index in [-0.39, 0.29) is 11.9 Å². The maximum absolute atomic E-state index is 12.9. The second-order valence-corrected chi connectivity index (χ2v) is 8.29. The first-order valence-electron chi connectivity index (χ1n) is 7.93. The van der Waals surface area contributed by atoms with Crippen molar-refractivity contribution in [3.05, 3.63) is 21.4 Å². The lowest BCUT2D eigenvalue weighted by Gasteiger charge is -2.38. The van der Waals surface area contributed by atoms with E-state index in [0.717, 1.165) is 42.4 Å². The van der Waals surface area contributed by atoms with Crippen LogP contribution in [0.25, 0.3) is 0 Å². The number of likely N-dealkylation sites (tertiary alicyclic amines) is 1. The highest BCUT2D eigenvalue weighted by Crippen LogP contribution is 2.34. The van der Waals surface area contributed by atoms with Crippen LogP contribution in [-0.2, 0) is 12.2 Å². The van der Waals surface area contributed by atoms with Gasteiger partial charge in [0.2, 0.25) is 0 Å². The summed E-state index contributed by atoms with van der Waals surface area (Å²) < 4.78 is 0. The summed E-state index contributed by atoms with van der Waals surface area (Å²) in [5.41, 5.74) is 7.31. The van der Waals surface area contributed by atoms with E-state index in [0.29, 0.717) is 6.54 Å². The first-order valence-corrected chi connectivity index (χ1v) is 9.90. The molecule has 1 amide bonds. The molecule has 2 atom stereocenters. The number of piperidine rings is 1. The number of hydrogen-bond donors (Lipinski definition) is 1. The molecule has 116 valence electrons. The standard InChI is InChI=1S/C16H24N2OS2/c1-2-11-3-5-18(13(7-11)9-17)16(19)15-8-12-10-20-6-4-14(12)21-15/h8,11,13H,2-7,9-10,17H2,1H3. The van der Waals surface area contributed by atoms with E-state index >= 15 is 0 Å². The van der Waals surface area contributed by atoms with Crippen LogP contribution >= 0.6 is 23.1 Å². The fourth-order valence-corrected chi connectivity index (χ4v) is 5.72. The molecule has 0 spiro atoms. The summed E-state index contributed by atoms with van der Waals surface area (Å²) in [4.78, 5) is 17.2. The van der Waals surface area contributed by atoms with Crippen molar-refractivity contribution in [3.8, 4) is 0 Å². The van der Waals surface area contributed by atoms with Gasteiger partial charge >= 0.3 is 0 Å². The summed E-state index contributed by atoms with van der Waals surface area (Å²) in [6.45, 7) is 3.69. The molecule has 3 nitrogen and oxygen atoms in total. The van der Waals surface area contributed by atoms with Crippen LogP contribution in [0.5, 0.6) is 0 Å². The zero-order valence-corrected chi connectivity index (χ0v) is 14.3. The number of thioether (sulfide) groups is 1. The molecule has 2 unspecified atom stereocenters. The van der Waals surface area contributed by atoms with Gasteiger partial charge in [-0.25, -0.2) is 0 Å². The number of nitrogens with zero attached hydrogens (tertiary/aromatic N) is 1. The van der Waals surface area contributed by atoms with E-state index in [9.17, 15) is 4.79 Å². The average molecular weight is 325 g/mol. The summed E-state index contributed by atoms with van der Waals surface area (Å²) in [6.07, 6.45) is 4.51. The Hall–Kier alpha value is -0.520. The minimum Gasteiger partial charge on any atom is -0.334 e. The summed E-state index contributed by atoms with van der Waals surface area (Å²) in [6, 6.07) is 2.36. The molecule has 1 fully saturated rings. The number of fused-ring (bicyclic) bond motifs is 1. The highest BCUT2D eigenvalue weighted by molar-refractivity contribution is 7.98. The van der Waals surface area contributed by atoms with Gasteiger partial charge in [0.1, 0.15) is 0 Å². The van der Waals surface area contributed by atoms with Gasteiger partial charge in [-0.2, -0.15) is 11.8 Å². The molecule has 5 heteroatoms. The van der Waals surface area contributed by atoms with Crippen molar-refractivity contribution in [2.45, 2.75) is 44.4 Å². The average Bonchev–Trinajstić information content (AvgIpc) is 2.97. The summed E-state index contributed by atoms with van der Waals surface area (Å²) in [5, 5.41) is 0. The third-order valence-corrected chi connectivity index (χ3v) is 7.01. The van der Waals surface area contributed by atoms with E-state index in [2.05, 4.69) is 13.0 Å². The van der Waals surface area contributed by atoms with Crippen LogP contribution in [0.2, 0.25) is 0 Å². The van der Waals surface area contributed by atoms with Crippen molar-refractivity contribution in [3.63, 3.8) is 0 Å². The van der Waals surface area contributed by atoms with Crippen molar-refractivity contribution in [1.29, 1.82) is 0 Å². The van der Waals surface area contributed by atoms with Crippen LogP contribution in [0.1, 0.15) is 46.3 Å². The molecule has 0 saturated carbocycles. The number of carbonyl (C=O) groups is 1. The van der Waals surface area contributed by atoms with Crippen LogP contribution < -0.4 is 5.73 Å². The second kappa shape index (κ2) is 6.71. The molecule has 3 heterocycles. The van der Waals surface area contributed by atoms with Gasteiger partial charge in [0.15, 0.2) is 0 Å². The Morgan fingerprint density at radius 1 is 1.52 bits per heavy atom. The third-order valence-electron chi connectivity index (χ3n) is 4.77.